The first kappa shape index (κ1) is 20.1. The van der Waals surface area contributed by atoms with E-state index in [4.69, 9.17) is 4.18 Å². The van der Waals surface area contributed by atoms with Gasteiger partial charge in [-0.15, -0.1) is 13.2 Å². The van der Waals surface area contributed by atoms with E-state index in [9.17, 15) is 13.0 Å². The lowest BCUT2D eigenvalue weighted by Crippen LogP contribution is -2.43. The van der Waals surface area contributed by atoms with Crippen molar-refractivity contribution in [3.8, 4) is 0 Å². The maximum absolute atomic E-state index is 11.6. The topological polar surface area (TPSA) is 63.6 Å². The number of hydrogen-bond donors (Lipinski definition) is 1. The quantitative estimate of drug-likeness (QED) is 0.492. The van der Waals surface area contributed by atoms with Gasteiger partial charge in [-0.1, -0.05) is 72.8 Å². The van der Waals surface area contributed by atoms with Crippen molar-refractivity contribution in [2.45, 2.75) is 30.8 Å². The van der Waals surface area contributed by atoms with E-state index in [1.165, 1.54) is 0 Å². The minimum atomic E-state index is -4.64. The Morgan fingerprint density at radius 2 is 1.46 bits per heavy atom. The molecule has 0 radical (unpaired) electrons. The smallest absolute Gasteiger partial charge is 0.264 e. The average Bonchev–Trinajstić information content (AvgIpc) is 2.61. The van der Waals surface area contributed by atoms with Gasteiger partial charge in [-0.25, -0.2) is 4.18 Å². The molecule has 1 atom stereocenters. The summed E-state index contributed by atoms with van der Waals surface area (Å²) in [6.07, 6.45) is 3.91. The van der Waals surface area contributed by atoms with Gasteiger partial charge in [0.05, 0.1) is 6.10 Å². The minimum absolute atomic E-state index is 0.317. The van der Waals surface area contributed by atoms with Crippen LogP contribution in [0.2, 0.25) is 0 Å². The molecule has 0 fully saturated rings. The average molecular weight is 372 g/mol. The van der Waals surface area contributed by atoms with Crippen LogP contribution in [0.4, 0.5) is 0 Å². The Morgan fingerprint density at radius 3 is 1.92 bits per heavy atom. The molecule has 0 aromatic heterocycles. The van der Waals surface area contributed by atoms with Crippen LogP contribution in [0.15, 0.2) is 86.0 Å². The Balaban J connectivity index is 2.58. The highest BCUT2D eigenvalue weighted by Crippen LogP contribution is 2.40. The molecule has 0 amide bonds. The van der Waals surface area contributed by atoms with Crippen LogP contribution in [0.5, 0.6) is 0 Å². The van der Waals surface area contributed by atoms with Gasteiger partial charge < -0.3 is 0 Å². The minimum Gasteiger partial charge on any atom is -0.264 e. The standard InChI is InChI=1S/C21H24O4S/c1-3-15-21(16-4-2,19-13-9-6-10-14-19)20(25-26(22,23)24)17-18-11-7-5-8-12-18/h3-14,20H,1-2,15-17H2,(H,22,23,24). The van der Waals surface area contributed by atoms with Crippen LogP contribution in [0.3, 0.4) is 0 Å². The SMILES string of the molecule is C=CCC(CC=C)(c1ccccc1)C(Cc1ccccc1)OS(=O)(=O)O. The molecule has 1 N–H and O–H groups in total. The fraction of sp³-hybridized carbons (Fsp3) is 0.238. The van der Waals surface area contributed by atoms with Crippen molar-refractivity contribution in [3.63, 3.8) is 0 Å². The van der Waals surface area contributed by atoms with E-state index in [0.29, 0.717) is 19.3 Å². The van der Waals surface area contributed by atoms with E-state index < -0.39 is 21.9 Å². The van der Waals surface area contributed by atoms with Gasteiger partial charge in [0.2, 0.25) is 0 Å². The van der Waals surface area contributed by atoms with Crippen LogP contribution in [-0.4, -0.2) is 19.1 Å². The van der Waals surface area contributed by atoms with Gasteiger partial charge in [-0.2, -0.15) is 8.42 Å². The van der Waals surface area contributed by atoms with Crippen molar-refractivity contribution in [2.75, 3.05) is 0 Å². The van der Waals surface area contributed by atoms with E-state index in [2.05, 4.69) is 13.2 Å². The van der Waals surface area contributed by atoms with E-state index >= 15 is 0 Å². The third-order valence-corrected chi connectivity index (χ3v) is 4.96. The molecule has 4 nitrogen and oxygen atoms in total. The Kier molecular flexibility index (Phi) is 6.91. The third-order valence-electron chi connectivity index (χ3n) is 4.48. The summed E-state index contributed by atoms with van der Waals surface area (Å²) in [5.74, 6) is 0. The summed E-state index contributed by atoms with van der Waals surface area (Å²) in [6, 6.07) is 19.0. The van der Waals surface area contributed by atoms with Gasteiger partial charge in [0.15, 0.2) is 0 Å². The molecule has 2 rings (SSSR count). The molecule has 138 valence electrons. The van der Waals surface area contributed by atoms with E-state index in [1.54, 1.807) is 12.2 Å². The second kappa shape index (κ2) is 8.94. The Morgan fingerprint density at radius 1 is 0.962 bits per heavy atom. The van der Waals surface area contributed by atoms with Gasteiger partial charge in [0, 0.05) is 11.8 Å². The molecule has 2 aromatic rings. The van der Waals surface area contributed by atoms with Gasteiger partial charge >= 0.3 is 10.4 Å². The van der Waals surface area contributed by atoms with Crippen LogP contribution in [0, 0.1) is 0 Å². The first-order valence-corrected chi connectivity index (χ1v) is 9.75. The summed E-state index contributed by atoms with van der Waals surface area (Å²) in [7, 11) is -4.64. The summed E-state index contributed by atoms with van der Waals surface area (Å²) < 4.78 is 37.8. The van der Waals surface area contributed by atoms with E-state index in [1.807, 2.05) is 60.7 Å². The van der Waals surface area contributed by atoms with Crippen molar-refractivity contribution in [1.29, 1.82) is 0 Å². The predicted molar refractivity (Wildman–Crippen MR) is 104 cm³/mol. The van der Waals surface area contributed by atoms with Crippen LogP contribution < -0.4 is 0 Å². The molecule has 0 saturated carbocycles. The molecule has 26 heavy (non-hydrogen) atoms. The maximum atomic E-state index is 11.6. The molecule has 0 aliphatic carbocycles. The first-order valence-electron chi connectivity index (χ1n) is 8.38. The van der Waals surface area contributed by atoms with Gasteiger partial charge in [-0.3, -0.25) is 4.55 Å². The number of hydrogen-bond acceptors (Lipinski definition) is 3. The van der Waals surface area contributed by atoms with Crippen molar-refractivity contribution in [1.82, 2.24) is 0 Å². The number of allylic oxidation sites excluding steroid dienone is 2. The Bertz CT molecular complexity index is 804. The lowest BCUT2D eigenvalue weighted by atomic mass is 9.69. The van der Waals surface area contributed by atoms with E-state index in [0.717, 1.165) is 11.1 Å². The molecule has 0 spiro atoms. The highest BCUT2D eigenvalue weighted by atomic mass is 32.3. The molecule has 0 saturated heterocycles. The summed E-state index contributed by atoms with van der Waals surface area (Å²) in [6.45, 7) is 7.67. The second-order valence-electron chi connectivity index (χ2n) is 6.21. The summed E-state index contributed by atoms with van der Waals surface area (Å²) in [4.78, 5) is 0. The van der Waals surface area contributed by atoms with Crippen LogP contribution in [0.1, 0.15) is 24.0 Å². The summed E-state index contributed by atoms with van der Waals surface area (Å²) >= 11 is 0. The van der Waals surface area contributed by atoms with Gasteiger partial charge in [0.25, 0.3) is 0 Å². The second-order valence-corrected chi connectivity index (χ2v) is 7.26. The van der Waals surface area contributed by atoms with Crippen molar-refractivity contribution < 1.29 is 17.2 Å². The number of rotatable bonds is 10. The monoisotopic (exact) mass is 372 g/mol. The number of benzene rings is 2. The van der Waals surface area contributed by atoms with Crippen molar-refractivity contribution >= 4 is 10.4 Å². The van der Waals surface area contributed by atoms with Gasteiger partial charge in [0.1, 0.15) is 0 Å². The zero-order valence-corrected chi connectivity index (χ0v) is 15.4. The largest absolute Gasteiger partial charge is 0.397 e. The predicted octanol–water partition coefficient (Wildman–Crippen LogP) is 4.51. The molecule has 0 heterocycles. The summed E-state index contributed by atoms with van der Waals surface area (Å²) in [5, 5.41) is 0. The fourth-order valence-electron chi connectivity index (χ4n) is 3.35. The van der Waals surface area contributed by atoms with Gasteiger partial charge in [-0.05, 0) is 24.0 Å². The fourth-order valence-corrected chi connectivity index (χ4v) is 3.90. The van der Waals surface area contributed by atoms with Crippen LogP contribution in [0.25, 0.3) is 0 Å². The lowest BCUT2D eigenvalue weighted by Gasteiger charge is -2.39. The molecule has 0 aliphatic heterocycles. The van der Waals surface area contributed by atoms with Crippen molar-refractivity contribution in [3.05, 3.63) is 97.1 Å². The van der Waals surface area contributed by atoms with Crippen molar-refractivity contribution in [2.24, 2.45) is 0 Å². The Labute approximate surface area is 155 Å². The molecule has 0 aliphatic rings. The Hall–Kier alpha value is -2.21. The zero-order chi connectivity index (χ0) is 19.0. The van der Waals surface area contributed by atoms with E-state index in [-0.39, 0.29) is 0 Å². The molecule has 1 unspecified atom stereocenters. The summed E-state index contributed by atoms with van der Waals surface area (Å²) in [5.41, 5.74) is 1.09. The molecule has 2 aromatic carbocycles. The molecular formula is C21H24O4S. The highest BCUT2D eigenvalue weighted by Gasteiger charge is 2.41. The molecule has 5 heteroatoms. The van der Waals surface area contributed by atoms with Crippen LogP contribution >= 0.6 is 0 Å². The zero-order valence-electron chi connectivity index (χ0n) is 14.6. The maximum Gasteiger partial charge on any atom is 0.397 e. The molecule has 0 bridgehead atoms. The third kappa shape index (κ3) is 5.14. The first-order chi connectivity index (χ1) is 12.4. The molecular weight excluding hydrogens is 348 g/mol. The van der Waals surface area contributed by atoms with Crippen LogP contribution in [-0.2, 0) is 26.4 Å². The normalized spacial score (nSPS) is 13.1. The lowest BCUT2D eigenvalue weighted by molar-refractivity contribution is 0.0972. The highest BCUT2D eigenvalue weighted by molar-refractivity contribution is 7.80.